The number of amides is 4. The number of fused-ring (bicyclic) bond motifs is 3. The molecule has 0 radical (unpaired) electrons. The Hall–Kier alpha value is -4.33. The van der Waals surface area contributed by atoms with Gasteiger partial charge >= 0.3 is 0 Å². The van der Waals surface area contributed by atoms with Crippen molar-refractivity contribution in [1.82, 2.24) is 9.88 Å². The zero-order valence-electron chi connectivity index (χ0n) is 19.5. The predicted molar refractivity (Wildman–Crippen MR) is 132 cm³/mol. The van der Waals surface area contributed by atoms with Gasteiger partial charge in [-0.15, -0.1) is 0 Å². The van der Waals surface area contributed by atoms with Gasteiger partial charge in [-0.05, 0) is 54.8 Å². The van der Waals surface area contributed by atoms with Crippen LogP contribution < -0.4 is 9.80 Å². The SMILES string of the molecule is O=C1c2ccccc2C(=O)N1CC(=O)N1c2ccccc2N(Cc2ccncc2)C(=O)[C@H]2CCC[C@H]21. The fourth-order valence-corrected chi connectivity index (χ4v) is 5.68. The standard InChI is InChI=1S/C28H24N4O4/c33-25(17-31-26(34)19-6-1-2-7-20(19)27(31)35)32-22-11-5-8-21(22)28(36)30(16-18-12-14-29-15-13-18)23-9-3-4-10-24(23)32/h1-4,6-7,9-10,12-15,21-22H,5,8,11,16-17H2/t21-,22+/m0/s1. The van der Waals surface area contributed by atoms with E-state index in [9.17, 15) is 19.2 Å². The van der Waals surface area contributed by atoms with Crippen LogP contribution in [0.25, 0.3) is 0 Å². The number of imide groups is 1. The molecule has 2 atom stereocenters. The molecule has 6 rings (SSSR count). The second kappa shape index (κ2) is 8.71. The molecule has 4 amide bonds. The van der Waals surface area contributed by atoms with Crippen molar-refractivity contribution in [2.24, 2.45) is 5.92 Å². The fourth-order valence-electron chi connectivity index (χ4n) is 5.68. The highest BCUT2D eigenvalue weighted by Gasteiger charge is 2.46. The number of carbonyl (C=O) groups excluding carboxylic acids is 4. The number of anilines is 2. The van der Waals surface area contributed by atoms with Crippen molar-refractivity contribution in [3.8, 4) is 0 Å². The van der Waals surface area contributed by atoms with E-state index in [-0.39, 0.29) is 30.3 Å². The van der Waals surface area contributed by atoms with Gasteiger partial charge in [0.25, 0.3) is 11.8 Å². The van der Waals surface area contributed by atoms with E-state index in [1.165, 1.54) is 0 Å². The van der Waals surface area contributed by atoms with Crippen molar-refractivity contribution in [2.45, 2.75) is 31.8 Å². The van der Waals surface area contributed by atoms with Gasteiger partial charge < -0.3 is 9.80 Å². The Bertz CT molecular complexity index is 1350. The Morgan fingerprint density at radius 3 is 2.14 bits per heavy atom. The van der Waals surface area contributed by atoms with Crippen molar-refractivity contribution >= 4 is 35.0 Å². The molecular weight excluding hydrogens is 456 g/mol. The molecule has 3 heterocycles. The van der Waals surface area contributed by atoms with Crippen LogP contribution in [0.1, 0.15) is 45.5 Å². The van der Waals surface area contributed by atoms with Gasteiger partial charge in [-0.3, -0.25) is 29.1 Å². The first-order chi connectivity index (χ1) is 17.5. The predicted octanol–water partition coefficient (Wildman–Crippen LogP) is 3.43. The minimum Gasteiger partial charge on any atom is -0.306 e. The third-order valence-corrected chi connectivity index (χ3v) is 7.36. The minimum atomic E-state index is -0.467. The van der Waals surface area contributed by atoms with Crippen LogP contribution in [0.5, 0.6) is 0 Å². The number of hydrogen-bond donors (Lipinski definition) is 0. The van der Waals surface area contributed by atoms with Crippen LogP contribution in [0.3, 0.4) is 0 Å². The van der Waals surface area contributed by atoms with Crippen LogP contribution in [0.4, 0.5) is 11.4 Å². The van der Waals surface area contributed by atoms with Crippen LogP contribution in [-0.2, 0) is 16.1 Å². The van der Waals surface area contributed by atoms with Crippen molar-refractivity contribution in [3.05, 3.63) is 89.7 Å². The summed E-state index contributed by atoms with van der Waals surface area (Å²) in [6, 6.07) is 17.4. The second-order valence-corrected chi connectivity index (χ2v) is 9.38. The van der Waals surface area contributed by atoms with Gasteiger partial charge in [-0.2, -0.15) is 0 Å². The smallest absolute Gasteiger partial charge is 0.262 e. The molecule has 180 valence electrons. The normalized spacial score (nSPS) is 20.8. The molecule has 0 spiro atoms. The summed E-state index contributed by atoms with van der Waals surface area (Å²) in [6.07, 6.45) is 5.58. The van der Waals surface area contributed by atoms with E-state index < -0.39 is 11.8 Å². The van der Waals surface area contributed by atoms with Gasteiger partial charge in [-0.25, -0.2) is 0 Å². The Morgan fingerprint density at radius 2 is 1.44 bits per heavy atom. The van der Waals surface area contributed by atoms with Gasteiger partial charge in [0.15, 0.2) is 0 Å². The van der Waals surface area contributed by atoms with E-state index in [1.807, 2.05) is 36.4 Å². The Morgan fingerprint density at radius 1 is 0.806 bits per heavy atom. The number of carbonyl (C=O) groups is 4. The molecule has 0 unspecified atom stereocenters. The number of para-hydroxylation sites is 2. The van der Waals surface area contributed by atoms with Crippen molar-refractivity contribution in [2.75, 3.05) is 16.3 Å². The highest BCUT2D eigenvalue weighted by molar-refractivity contribution is 6.23. The Balaban J connectivity index is 1.37. The zero-order chi connectivity index (χ0) is 24.8. The first-order valence-corrected chi connectivity index (χ1v) is 12.1. The molecule has 0 saturated heterocycles. The number of pyridine rings is 1. The van der Waals surface area contributed by atoms with Crippen LogP contribution in [0.2, 0.25) is 0 Å². The Kier molecular flexibility index (Phi) is 5.36. The molecule has 0 N–H and O–H groups in total. The quantitative estimate of drug-likeness (QED) is 0.534. The number of aromatic nitrogens is 1. The number of benzene rings is 2. The monoisotopic (exact) mass is 480 g/mol. The molecule has 0 bridgehead atoms. The van der Waals surface area contributed by atoms with Gasteiger partial charge in [0, 0.05) is 18.4 Å². The number of rotatable bonds is 4. The minimum absolute atomic E-state index is 0.0159. The van der Waals surface area contributed by atoms with Gasteiger partial charge in [-0.1, -0.05) is 30.7 Å². The van der Waals surface area contributed by atoms with E-state index in [2.05, 4.69) is 4.98 Å². The van der Waals surface area contributed by atoms with Crippen molar-refractivity contribution in [3.63, 3.8) is 0 Å². The maximum Gasteiger partial charge on any atom is 0.262 e. The molecule has 8 heteroatoms. The molecule has 2 aliphatic heterocycles. The van der Waals surface area contributed by atoms with Crippen molar-refractivity contribution < 1.29 is 19.2 Å². The highest BCUT2D eigenvalue weighted by atomic mass is 16.2. The summed E-state index contributed by atoms with van der Waals surface area (Å²) in [5.41, 5.74) is 2.82. The third kappa shape index (κ3) is 3.48. The van der Waals surface area contributed by atoms with E-state index in [0.717, 1.165) is 16.9 Å². The maximum absolute atomic E-state index is 13.9. The number of hydrogen-bond acceptors (Lipinski definition) is 5. The molecule has 36 heavy (non-hydrogen) atoms. The maximum atomic E-state index is 13.9. The molecule has 1 aromatic heterocycles. The summed E-state index contributed by atoms with van der Waals surface area (Å²) in [4.78, 5) is 62.1. The van der Waals surface area contributed by atoms with E-state index in [4.69, 9.17) is 0 Å². The summed E-state index contributed by atoms with van der Waals surface area (Å²) >= 11 is 0. The summed E-state index contributed by atoms with van der Waals surface area (Å²) in [7, 11) is 0. The topological polar surface area (TPSA) is 90.9 Å². The summed E-state index contributed by atoms with van der Waals surface area (Å²) in [6.45, 7) is -0.00945. The van der Waals surface area contributed by atoms with Gasteiger partial charge in [0.2, 0.25) is 11.8 Å². The lowest BCUT2D eigenvalue weighted by Gasteiger charge is -2.31. The summed E-state index contributed by atoms with van der Waals surface area (Å²) in [5, 5.41) is 0. The average Bonchev–Trinajstić information content (AvgIpc) is 3.45. The second-order valence-electron chi connectivity index (χ2n) is 9.38. The molecule has 1 fully saturated rings. The zero-order valence-corrected chi connectivity index (χ0v) is 19.5. The lowest BCUT2D eigenvalue weighted by molar-refractivity contribution is -0.123. The first-order valence-electron chi connectivity index (χ1n) is 12.1. The molecule has 3 aliphatic rings. The largest absolute Gasteiger partial charge is 0.306 e. The molecule has 2 aromatic carbocycles. The van der Waals surface area contributed by atoms with Crippen LogP contribution in [0.15, 0.2) is 73.1 Å². The lowest BCUT2D eigenvalue weighted by atomic mass is 10.0. The molecule has 8 nitrogen and oxygen atoms in total. The Labute approximate surface area is 208 Å². The average molecular weight is 481 g/mol. The van der Waals surface area contributed by atoms with E-state index in [1.54, 1.807) is 46.5 Å². The molecule has 1 saturated carbocycles. The van der Waals surface area contributed by atoms with Crippen LogP contribution in [0, 0.1) is 5.92 Å². The van der Waals surface area contributed by atoms with Gasteiger partial charge in [0.1, 0.15) is 6.54 Å². The highest BCUT2D eigenvalue weighted by Crippen LogP contribution is 2.43. The number of nitrogens with zero attached hydrogens (tertiary/aromatic N) is 4. The molecule has 1 aliphatic carbocycles. The van der Waals surface area contributed by atoms with Crippen LogP contribution >= 0.6 is 0 Å². The third-order valence-electron chi connectivity index (χ3n) is 7.36. The van der Waals surface area contributed by atoms with E-state index in [0.29, 0.717) is 41.9 Å². The van der Waals surface area contributed by atoms with E-state index >= 15 is 0 Å². The molecular formula is C28H24N4O4. The molecule has 3 aromatic rings. The van der Waals surface area contributed by atoms with Crippen LogP contribution in [-0.4, -0.2) is 46.1 Å². The summed E-state index contributed by atoms with van der Waals surface area (Å²) in [5.74, 6) is -1.67. The lowest BCUT2D eigenvalue weighted by Crippen LogP contribution is -2.49. The fraction of sp³-hybridized carbons (Fsp3) is 0.250. The summed E-state index contributed by atoms with van der Waals surface area (Å²) < 4.78 is 0. The van der Waals surface area contributed by atoms with Gasteiger partial charge in [0.05, 0.1) is 35.0 Å². The first kappa shape index (κ1) is 22.2. The van der Waals surface area contributed by atoms with Crippen molar-refractivity contribution in [1.29, 1.82) is 0 Å².